The largest absolute Gasteiger partial charge is 0.396 e. The van der Waals surface area contributed by atoms with Crippen molar-refractivity contribution < 1.29 is 9.90 Å². The minimum absolute atomic E-state index is 0.0975. The molecule has 0 atom stereocenters. The Labute approximate surface area is 137 Å². The molecule has 3 N–H and O–H groups in total. The number of aryl methyl sites for hydroxylation is 1. The maximum atomic E-state index is 12.4. The second-order valence-corrected chi connectivity index (χ2v) is 6.65. The van der Waals surface area contributed by atoms with Gasteiger partial charge in [0, 0.05) is 29.7 Å². The first-order valence-corrected chi connectivity index (χ1v) is 8.69. The number of aliphatic hydroxyl groups excluding tert-OH is 1. The van der Waals surface area contributed by atoms with Gasteiger partial charge in [0.15, 0.2) is 0 Å². The molecule has 0 radical (unpaired) electrons. The number of amides is 1. The van der Waals surface area contributed by atoms with Gasteiger partial charge in [0.2, 0.25) is 5.91 Å². The van der Waals surface area contributed by atoms with Crippen molar-refractivity contribution in [2.75, 3.05) is 6.61 Å². The molecule has 1 aromatic carbocycles. The van der Waals surface area contributed by atoms with Crippen LogP contribution in [0.5, 0.6) is 0 Å². The third kappa shape index (κ3) is 3.58. The topological polar surface area (TPSA) is 65.1 Å². The lowest BCUT2D eigenvalue weighted by Gasteiger charge is -2.27. The minimum atomic E-state index is 0.0975. The van der Waals surface area contributed by atoms with Gasteiger partial charge in [-0.15, -0.1) is 0 Å². The van der Waals surface area contributed by atoms with Crippen LogP contribution in [0.4, 0.5) is 0 Å². The SMILES string of the molecule is CCc1cccc2c(CC(=O)NC3CCC(CO)CC3)c[nH]c12. The molecule has 0 spiro atoms. The number of H-pyrrole nitrogens is 1. The summed E-state index contributed by atoms with van der Waals surface area (Å²) in [5, 5.41) is 13.5. The summed E-state index contributed by atoms with van der Waals surface area (Å²) in [5.41, 5.74) is 3.51. The van der Waals surface area contributed by atoms with Gasteiger partial charge in [-0.1, -0.05) is 25.1 Å². The predicted octanol–water partition coefficient (Wildman–Crippen LogP) is 2.94. The molecule has 4 nitrogen and oxygen atoms in total. The molecule has 1 aliphatic rings. The van der Waals surface area contributed by atoms with Crippen LogP contribution < -0.4 is 5.32 Å². The lowest BCUT2D eigenvalue weighted by molar-refractivity contribution is -0.121. The van der Waals surface area contributed by atoms with Crippen LogP contribution in [0.25, 0.3) is 10.9 Å². The van der Waals surface area contributed by atoms with Crippen LogP contribution in [0.1, 0.15) is 43.7 Å². The molecule has 0 unspecified atom stereocenters. The maximum Gasteiger partial charge on any atom is 0.224 e. The van der Waals surface area contributed by atoms with Crippen molar-refractivity contribution >= 4 is 16.8 Å². The minimum Gasteiger partial charge on any atom is -0.396 e. The molecule has 0 bridgehead atoms. The van der Waals surface area contributed by atoms with Gasteiger partial charge >= 0.3 is 0 Å². The zero-order chi connectivity index (χ0) is 16.2. The van der Waals surface area contributed by atoms with Crippen molar-refractivity contribution in [2.45, 2.75) is 51.5 Å². The molecule has 0 aliphatic heterocycles. The fraction of sp³-hybridized carbons (Fsp3) is 0.526. The van der Waals surface area contributed by atoms with Crippen LogP contribution in [-0.2, 0) is 17.6 Å². The van der Waals surface area contributed by atoms with E-state index in [2.05, 4.69) is 35.4 Å². The highest BCUT2D eigenvalue weighted by atomic mass is 16.3. The van der Waals surface area contributed by atoms with Crippen molar-refractivity contribution in [1.29, 1.82) is 0 Å². The monoisotopic (exact) mass is 314 g/mol. The molecule has 1 amide bonds. The lowest BCUT2D eigenvalue weighted by Crippen LogP contribution is -2.38. The number of carbonyl (C=O) groups is 1. The van der Waals surface area contributed by atoms with E-state index < -0.39 is 0 Å². The fourth-order valence-electron chi connectivity index (χ4n) is 3.66. The van der Waals surface area contributed by atoms with Crippen molar-refractivity contribution in [3.63, 3.8) is 0 Å². The van der Waals surface area contributed by atoms with E-state index in [1.807, 2.05) is 6.20 Å². The van der Waals surface area contributed by atoms with Crippen LogP contribution >= 0.6 is 0 Å². The Bertz CT molecular complexity index is 669. The summed E-state index contributed by atoms with van der Waals surface area (Å²) in [6, 6.07) is 6.54. The van der Waals surface area contributed by atoms with Crippen LogP contribution in [-0.4, -0.2) is 28.6 Å². The molecular weight excluding hydrogens is 288 g/mol. The number of benzene rings is 1. The van der Waals surface area contributed by atoms with E-state index in [-0.39, 0.29) is 18.6 Å². The lowest BCUT2D eigenvalue weighted by atomic mass is 9.86. The van der Waals surface area contributed by atoms with Gasteiger partial charge in [-0.3, -0.25) is 4.79 Å². The number of hydrogen-bond donors (Lipinski definition) is 3. The van der Waals surface area contributed by atoms with E-state index in [1.165, 1.54) is 5.56 Å². The summed E-state index contributed by atoms with van der Waals surface area (Å²) in [5.74, 6) is 0.518. The van der Waals surface area contributed by atoms with Crippen molar-refractivity contribution in [1.82, 2.24) is 10.3 Å². The van der Waals surface area contributed by atoms with Gasteiger partial charge in [-0.05, 0) is 49.1 Å². The van der Waals surface area contributed by atoms with E-state index in [0.717, 1.165) is 48.6 Å². The van der Waals surface area contributed by atoms with Crippen LogP contribution in [0.3, 0.4) is 0 Å². The summed E-state index contributed by atoms with van der Waals surface area (Å²) in [6.45, 7) is 2.42. The van der Waals surface area contributed by atoms with Crippen molar-refractivity contribution in [2.24, 2.45) is 5.92 Å². The van der Waals surface area contributed by atoms with E-state index >= 15 is 0 Å². The summed E-state index contributed by atoms with van der Waals surface area (Å²) >= 11 is 0. The summed E-state index contributed by atoms with van der Waals surface area (Å²) in [6.07, 6.45) is 7.34. The second kappa shape index (κ2) is 7.18. The Hall–Kier alpha value is -1.81. The van der Waals surface area contributed by atoms with Crippen LogP contribution in [0.2, 0.25) is 0 Å². The second-order valence-electron chi connectivity index (χ2n) is 6.65. The van der Waals surface area contributed by atoms with Crippen LogP contribution in [0, 0.1) is 5.92 Å². The van der Waals surface area contributed by atoms with Gasteiger partial charge in [0.1, 0.15) is 0 Å². The predicted molar refractivity (Wildman–Crippen MR) is 92.4 cm³/mol. The van der Waals surface area contributed by atoms with Gasteiger partial charge in [-0.2, -0.15) is 0 Å². The Morgan fingerprint density at radius 3 is 2.74 bits per heavy atom. The zero-order valence-electron chi connectivity index (χ0n) is 13.8. The highest BCUT2D eigenvalue weighted by Crippen LogP contribution is 2.25. The third-order valence-electron chi connectivity index (χ3n) is 5.09. The van der Waals surface area contributed by atoms with E-state index in [9.17, 15) is 9.90 Å². The molecule has 1 aromatic heterocycles. The third-order valence-corrected chi connectivity index (χ3v) is 5.09. The molecule has 124 valence electrons. The standard InChI is InChI=1S/C19H26N2O2/c1-2-14-4-3-5-17-15(11-20-19(14)17)10-18(23)21-16-8-6-13(12-22)7-9-16/h3-5,11,13,16,20,22H,2,6-10,12H2,1H3,(H,21,23). The zero-order valence-corrected chi connectivity index (χ0v) is 13.8. The van der Waals surface area contributed by atoms with Crippen LogP contribution in [0.15, 0.2) is 24.4 Å². The Morgan fingerprint density at radius 1 is 1.26 bits per heavy atom. The first kappa shape index (κ1) is 16.1. The Kier molecular flexibility index (Phi) is 5.01. The number of nitrogens with one attached hydrogen (secondary N) is 2. The first-order valence-electron chi connectivity index (χ1n) is 8.69. The number of aromatic amines is 1. The molecule has 1 saturated carbocycles. The number of fused-ring (bicyclic) bond motifs is 1. The molecule has 4 heteroatoms. The van der Waals surface area contributed by atoms with E-state index in [4.69, 9.17) is 0 Å². The highest BCUT2D eigenvalue weighted by molar-refractivity contribution is 5.90. The molecule has 2 aromatic rings. The number of aromatic nitrogens is 1. The van der Waals surface area contributed by atoms with Gasteiger partial charge < -0.3 is 15.4 Å². The summed E-state index contributed by atoms with van der Waals surface area (Å²) in [7, 11) is 0. The number of hydrogen-bond acceptors (Lipinski definition) is 2. The van der Waals surface area contributed by atoms with Gasteiger partial charge in [0.05, 0.1) is 6.42 Å². The maximum absolute atomic E-state index is 12.4. The van der Waals surface area contributed by atoms with E-state index in [0.29, 0.717) is 12.3 Å². The Morgan fingerprint density at radius 2 is 2.04 bits per heavy atom. The molecule has 1 fully saturated rings. The van der Waals surface area contributed by atoms with Gasteiger partial charge in [-0.25, -0.2) is 0 Å². The average molecular weight is 314 g/mol. The molecule has 1 aliphatic carbocycles. The number of para-hydroxylation sites is 1. The number of rotatable bonds is 5. The highest BCUT2D eigenvalue weighted by Gasteiger charge is 2.22. The van der Waals surface area contributed by atoms with Crippen molar-refractivity contribution in [3.8, 4) is 0 Å². The quantitative estimate of drug-likeness (QED) is 0.794. The normalized spacial score (nSPS) is 21.5. The molecule has 1 heterocycles. The summed E-state index contributed by atoms with van der Waals surface area (Å²) in [4.78, 5) is 15.7. The van der Waals surface area contributed by atoms with Gasteiger partial charge in [0.25, 0.3) is 0 Å². The smallest absolute Gasteiger partial charge is 0.224 e. The summed E-state index contributed by atoms with van der Waals surface area (Å²) < 4.78 is 0. The number of carbonyl (C=O) groups excluding carboxylic acids is 1. The fourth-order valence-corrected chi connectivity index (χ4v) is 3.66. The molecular formula is C19H26N2O2. The average Bonchev–Trinajstić information content (AvgIpc) is 2.98. The Balaban J connectivity index is 1.62. The number of aliphatic hydroxyl groups is 1. The van der Waals surface area contributed by atoms with E-state index in [1.54, 1.807) is 0 Å². The molecule has 3 rings (SSSR count). The molecule has 23 heavy (non-hydrogen) atoms. The first-order chi connectivity index (χ1) is 11.2. The van der Waals surface area contributed by atoms with Crippen molar-refractivity contribution in [3.05, 3.63) is 35.5 Å². The molecule has 0 saturated heterocycles.